The van der Waals surface area contributed by atoms with Gasteiger partial charge in [0.15, 0.2) is 6.54 Å². The molecule has 1 aliphatic carbocycles. The van der Waals surface area contributed by atoms with E-state index in [2.05, 4.69) is 134 Å². The van der Waals surface area contributed by atoms with Gasteiger partial charge in [-0.15, -0.1) is 0 Å². The van der Waals surface area contributed by atoms with Crippen LogP contribution in [0.5, 0.6) is 0 Å². The Kier molecular flexibility index (Phi) is 14.6. The molecule has 4 aromatic carbocycles. The van der Waals surface area contributed by atoms with Crippen molar-refractivity contribution in [2.45, 2.75) is 84.0 Å². The Bertz CT molecular complexity index is 1980. The molecule has 0 fully saturated rings. The van der Waals surface area contributed by atoms with E-state index in [0.717, 1.165) is 65.4 Å². The Hall–Kier alpha value is -4.52. The fraction of sp³-hybridized carbons (Fsp3) is 0.340. The molecule has 0 heterocycles. The summed E-state index contributed by atoms with van der Waals surface area (Å²) in [5.74, 6) is 1.12. The molecule has 4 aromatic rings. The second-order valence-electron chi connectivity index (χ2n) is 14.2. The Morgan fingerprint density at radius 1 is 0.660 bits per heavy atom. The zero-order chi connectivity index (χ0) is 37.6. The van der Waals surface area contributed by atoms with Crippen LogP contribution in [-0.2, 0) is 10.1 Å². The molecule has 2 unspecified atom stereocenters. The minimum atomic E-state index is -4.50. The van der Waals surface area contributed by atoms with Crippen LogP contribution in [0.15, 0.2) is 144 Å². The first-order valence-corrected chi connectivity index (χ1v) is 21.0. The standard InChI is InChI=1S/C47H56N2O3S/c1-5-9-19-37(7-3)35-48(41-21-13-11-14-22-41)43-31-27-39(28-32-43)47(45-25-17-18-26-46(45)53(50,51)52)40-29-33-44(34-30-40)49(42-23-15-12-16-24-42)36-38(8-4)20-10-6-2/h11-18,21-34,37-38H,5-10,19-20,35-36H2,1-4H3/p+1. The molecule has 1 N–H and O–H groups in total. The van der Waals surface area contributed by atoms with Crippen molar-refractivity contribution in [2.24, 2.45) is 11.8 Å². The predicted octanol–water partition coefficient (Wildman–Crippen LogP) is 12.2. The van der Waals surface area contributed by atoms with Crippen LogP contribution in [0.3, 0.4) is 0 Å². The molecule has 0 aromatic heterocycles. The van der Waals surface area contributed by atoms with Gasteiger partial charge in [-0.25, -0.2) is 0 Å². The highest BCUT2D eigenvalue weighted by molar-refractivity contribution is 7.86. The number of benzene rings is 4. The lowest BCUT2D eigenvalue weighted by molar-refractivity contribution is -0.448. The summed E-state index contributed by atoms with van der Waals surface area (Å²) < 4.78 is 38.3. The summed E-state index contributed by atoms with van der Waals surface area (Å²) in [6, 6.07) is 36.2. The zero-order valence-electron chi connectivity index (χ0n) is 32.0. The van der Waals surface area contributed by atoms with E-state index in [4.69, 9.17) is 0 Å². The van der Waals surface area contributed by atoms with Crippen molar-refractivity contribution >= 4 is 38.5 Å². The summed E-state index contributed by atoms with van der Waals surface area (Å²) in [6.45, 7) is 10.9. The number of hydrogen-bond acceptors (Lipinski definition) is 3. The average Bonchev–Trinajstić information content (AvgIpc) is 3.19. The van der Waals surface area contributed by atoms with Gasteiger partial charge in [0, 0.05) is 53.7 Å². The Balaban J connectivity index is 1.61. The molecule has 0 saturated carbocycles. The highest BCUT2D eigenvalue weighted by atomic mass is 32.2. The second kappa shape index (κ2) is 19.5. The molecule has 0 spiro atoms. The molecule has 0 radical (unpaired) electrons. The van der Waals surface area contributed by atoms with Crippen molar-refractivity contribution < 1.29 is 17.5 Å². The maximum Gasteiger partial charge on any atom is 0.295 e. The third kappa shape index (κ3) is 10.6. The van der Waals surface area contributed by atoms with Crippen LogP contribution < -0.4 is 4.90 Å². The molecule has 53 heavy (non-hydrogen) atoms. The molecular formula is C47H57N2O3S+. The van der Waals surface area contributed by atoms with Gasteiger partial charge >= 0.3 is 0 Å². The number of hydrogen-bond donors (Lipinski definition) is 1. The summed E-state index contributed by atoms with van der Waals surface area (Å²) in [5.41, 5.74) is 7.41. The SMILES string of the molecule is CCCCC(CC)CN(c1ccccc1)c1ccc(C(=C2C=CC(=[N+](CC(CC)CCCC)c3ccccc3)C=C2)c2ccccc2S(=O)(=O)O)cc1. The molecule has 0 aliphatic heterocycles. The number of anilines is 2. The van der Waals surface area contributed by atoms with Gasteiger partial charge in [-0.1, -0.05) is 127 Å². The van der Waals surface area contributed by atoms with Crippen molar-refractivity contribution in [3.8, 4) is 0 Å². The quantitative estimate of drug-likeness (QED) is 0.0818. The van der Waals surface area contributed by atoms with Crippen LogP contribution in [0.4, 0.5) is 17.1 Å². The number of unbranched alkanes of at least 4 members (excludes halogenated alkanes) is 2. The molecule has 5 nitrogen and oxygen atoms in total. The monoisotopic (exact) mass is 729 g/mol. The van der Waals surface area contributed by atoms with Crippen LogP contribution >= 0.6 is 0 Å². The van der Waals surface area contributed by atoms with E-state index in [1.165, 1.54) is 44.6 Å². The third-order valence-corrected chi connectivity index (χ3v) is 11.4. The van der Waals surface area contributed by atoms with Crippen LogP contribution in [0.1, 0.15) is 90.2 Å². The van der Waals surface area contributed by atoms with Gasteiger partial charge in [-0.05, 0) is 84.4 Å². The van der Waals surface area contributed by atoms with Gasteiger partial charge in [0.1, 0.15) is 4.90 Å². The van der Waals surface area contributed by atoms with E-state index in [1.807, 2.05) is 18.2 Å². The summed E-state index contributed by atoms with van der Waals surface area (Å²) in [7, 11) is -4.50. The minimum absolute atomic E-state index is 0.108. The van der Waals surface area contributed by atoms with Crippen molar-refractivity contribution in [3.63, 3.8) is 0 Å². The van der Waals surface area contributed by atoms with E-state index in [9.17, 15) is 13.0 Å². The van der Waals surface area contributed by atoms with Gasteiger partial charge in [0.25, 0.3) is 10.1 Å². The number of rotatable bonds is 18. The molecule has 278 valence electrons. The lowest BCUT2D eigenvalue weighted by Crippen LogP contribution is -2.25. The minimum Gasteiger partial charge on any atom is -0.341 e. The summed E-state index contributed by atoms with van der Waals surface area (Å²) in [5, 5.41) is 0. The fourth-order valence-electron chi connectivity index (χ4n) is 7.28. The van der Waals surface area contributed by atoms with E-state index in [0.29, 0.717) is 17.4 Å². The molecular weight excluding hydrogens is 673 g/mol. The van der Waals surface area contributed by atoms with E-state index >= 15 is 0 Å². The number of para-hydroxylation sites is 2. The van der Waals surface area contributed by atoms with Gasteiger partial charge in [0.05, 0.1) is 0 Å². The average molecular weight is 730 g/mol. The van der Waals surface area contributed by atoms with E-state index in [1.54, 1.807) is 12.1 Å². The lowest BCUT2D eigenvalue weighted by Gasteiger charge is -2.30. The van der Waals surface area contributed by atoms with Crippen molar-refractivity contribution in [2.75, 3.05) is 18.0 Å². The molecule has 5 rings (SSSR count). The topological polar surface area (TPSA) is 60.6 Å². The largest absolute Gasteiger partial charge is 0.341 e. The van der Waals surface area contributed by atoms with Crippen LogP contribution in [0.25, 0.3) is 5.57 Å². The Morgan fingerprint density at radius 3 is 1.79 bits per heavy atom. The molecule has 1 aliphatic rings. The van der Waals surface area contributed by atoms with Crippen LogP contribution in [0, 0.1) is 11.8 Å². The van der Waals surface area contributed by atoms with Crippen molar-refractivity contribution in [1.82, 2.24) is 0 Å². The Labute approximate surface area is 318 Å². The first kappa shape index (κ1) is 39.7. The van der Waals surface area contributed by atoms with Gasteiger partial charge in [0.2, 0.25) is 11.4 Å². The number of allylic oxidation sites excluding steroid dienone is 5. The number of nitrogens with zero attached hydrogens (tertiary/aromatic N) is 2. The fourth-order valence-corrected chi connectivity index (χ4v) is 7.98. The van der Waals surface area contributed by atoms with E-state index < -0.39 is 10.1 Å². The second-order valence-corrected chi connectivity index (χ2v) is 15.6. The maximum atomic E-state index is 12.8. The van der Waals surface area contributed by atoms with Gasteiger partial charge < -0.3 is 4.90 Å². The first-order chi connectivity index (χ1) is 25.8. The highest BCUT2D eigenvalue weighted by Gasteiger charge is 2.24. The molecule has 0 bridgehead atoms. The molecule has 0 amide bonds. The van der Waals surface area contributed by atoms with Crippen molar-refractivity contribution in [3.05, 3.63) is 150 Å². The summed E-state index contributed by atoms with van der Waals surface area (Å²) in [6.07, 6.45) is 17.8. The van der Waals surface area contributed by atoms with E-state index in [-0.39, 0.29) is 4.90 Å². The summed E-state index contributed by atoms with van der Waals surface area (Å²) >= 11 is 0. The lowest BCUT2D eigenvalue weighted by atomic mass is 9.90. The van der Waals surface area contributed by atoms with Crippen LogP contribution in [0.2, 0.25) is 0 Å². The summed E-state index contributed by atoms with van der Waals surface area (Å²) in [4.78, 5) is 2.29. The van der Waals surface area contributed by atoms with Crippen LogP contribution in [-0.4, -0.2) is 36.3 Å². The molecule has 2 atom stereocenters. The van der Waals surface area contributed by atoms with Crippen molar-refractivity contribution in [1.29, 1.82) is 0 Å². The molecule has 6 heteroatoms. The zero-order valence-corrected chi connectivity index (χ0v) is 32.8. The predicted molar refractivity (Wildman–Crippen MR) is 223 cm³/mol. The smallest absolute Gasteiger partial charge is 0.295 e. The maximum absolute atomic E-state index is 12.8. The first-order valence-electron chi connectivity index (χ1n) is 19.6. The third-order valence-electron chi connectivity index (χ3n) is 10.5. The normalized spacial score (nSPS) is 13.9. The Morgan fingerprint density at radius 2 is 1.21 bits per heavy atom. The van der Waals surface area contributed by atoms with Gasteiger partial charge in [-0.3, -0.25) is 4.55 Å². The molecule has 0 saturated heterocycles. The highest BCUT2D eigenvalue weighted by Crippen LogP contribution is 2.36. The van der Waals surface area contributed by atoms with Gasteiger partial charge in [-0.2, -0.15) is 13.0 Å².